The van der Waals surface area contributed by atoms with E-state index in [1.54, 1.807) is 11.0 Å². The summed E-state index contributed by atoms with van der Waals surface area (Å²) in [7, 11) is 0. The Balaban J connectivity index is 2.10. The number of rotatable bonds is 3. The summed E-state index contributed by atoms with van der Waals surface area (Å²) in [5.41, 5.74) is 0. The van der Waals surface area contributed by atoms with Gasteiger partial charge in [0.15, 0.2) is 0 Å². The Kier molecular flexibility index (Phi) is 4.11. The number of ether oxygens (including phenoxy) is 1. The van der Waals surface area contributed by atoms with Crippen molar-refractivity contribution in [2.45, 2.75) is 25.9 Å². The summed E-state index contributed by atoms with van der Waals surface area (Å²) in [5.74, 6) is -0.402. The molecular weight excluding hydrogens is 259 g/mol. The van der Waals surface area contributed by atoms with E-state index in [1.807, 2.05) is 6.92 Å². The van der Waals surface area contributed by atoms with Crippen molar-refractivity contribution in [1.82, 2.24) is 9.97 Å². The van der Waals surface area contributed by atoms with Crippen molar-refractivity contribution < 1.29 is 17.9 Å². The Morgan fingerprint density at radius 1 is 1.42 bits per heavy atom. The zero-order valence-electron chi connectivity index (χ0n) is 10.7. The fourth-order valence-corrected chi connectivity index (χ4v) is 2.18. The van der Waals surface area contributed by atoms with E-state index in [9.17, 15) is 13.2 Å². The van der Waals surface area contributed by atoms with Crippen LogP contribution in [0.1, 0.15) is 19.8 Å². The van der Waals surface area contributed by atoms with Gasteiger partial charge < -0.3 is 9.64 Å². The Morgan fingerprint density at radius 2 is 2.21 bits per heavy atom. The van der Waals surface area contributed by atoms with Gasteiger partial charge in [-0.25, -0.2) is 9.97 Å². The third-order valence-corrected chi connectivity index (χ3v) is 3.13. The average molecular weight is 275 g/mol. The van der Waals surface area contributed by atoms with Crippen molar-refractivity contribution in [3.05, 3.63) is 12.4 Å². The molecule has 1 aromatic rings. The van der Waals surface area contributed by atoms with Gasteiger partial charge in [-0.05, 0) is 19.8 Å². The first-order chi connectivity index (χ1) is 9.00. The van der Waals surface area contributed by atoms with Gasteiger partial charge in [-0.15, -0.1) is 0 Å². The van der Waals surface area contributed by atoms with Gasteiger partial charge in [-0.3, -0.25) is 0 Å². The van der Waals surface area contributed by atoms with Crippen molar-refractivity contribution in [2.24, 2.45) is 5.92 Å². The van der Waals surface area contributed by atoms with Crippen molar-refractivity contribution >= 4 is 5.82 Å². The quantitative estimate of drug-likeness (QED) is 0.850. The SMILES string of the molecule is CCOc1cc(N2CCCC(C(F)(F)F)C2)ncn1. The summed E-state index contributed by atoms with van der Waals surface area (Å²) < 4.78 is 43.5. The lowest BCUT2D eigenvalue weighted by molar-refractivity contribution is -0.176. The van der Waals surface area contributed by atoms with Crippen LogP contribution in [0.15, 0.2) is 12.4 Å². The van der Waals surface area contributed by atoms with Crippen molar-refractivity contribution in [1.29, 1.82) is 0 Å². The number of aromatic nitrogens is 2. The molecule has 0 radical (unpaired) electrons. The molecule has 1 fully saturated rings. The highest BCUT2D eigenvalue weighted by Crippen LogP contribution is 2.34. The van der Waals surface area contributed by atoms with Gasteiger partial charge in [0.1, 0.15) is 12.1 Å². The highest BCUT2D eigenvalue weighted by Gasteiger charge is 2.42. The van der Waals surface area contributed by atoms with Gasteiger partial charge in [0.05, 0.1) is 12.5 Å². The zero-order valence-corrected chi connectivity index (χ0v) is 10.7. The number of hydrogen-bond donors (Lipinski definition) is 0. The summed E-state index contributed by atoms with van der Waals surface area (Å²) in [6, 6.07) is 1.59. The number of nitrogens with zero attached hydrogens (tertiary/aromatic N) is 3. The predicted molar refractivity (Wildman–Crippen MR) is 64.2 cm³/mol. The molecule has 0 aliphatic carbocycles. The van der Waals surface area contributed by atoms with Crippen LogP contribution in [0.4, 0.5) is 19.0 Å². The van der Waals surface area contributed by atoms with Gasteiger partial charge in [0, 0.05) is 19.2 Å². The fourth-order valence-electron chi connectivity index (χ4n) is 2.18. The Hall–Kier alpha value is -1.53. The summed E-state index contributed by atoms with van der Waals surface area (Å²) in [4.78, 5) is 9.58. The van der Waals surface area contributed by atoms with Crippen LogP contribution >= 0.6 is 0 Å². The maximum atomic E-state index is 12.7. The van der Waals surface area contributed by atoms with Crippen LogP contribution in [0.2, 0.25) is 0 Å². The lowest BCUT2D eigenvalue weighted by Crippen LogP contribution is -2.42. The normalized spacial score (nSPS) is 20.4. The maximum Gasteiger partial charge on any atom is 0.393 e. The molecule has 1 atom stereocenters. The van der Waals surface area contributed by atoms with Gasteiger partial charge in [-0.2, -0.15) is 13.2 Å². The highest BCUT2D eigenvalue weighted by atomic mass is 19.4. The molecule has 2 heterocycles. The Labute approximate surface area is 109 Å². The molecule has 106 valence electrons. The molecule has 7 heteroatoms. The first-order valence-corrected chi connectivity index (χ1v) is 6.27. The topological polar surface area (TPSA) is 38.2 Å². The number of hydrogen-bond acceptors (Lipinski definition) is 4. The molecule has 1 aliphatic heterocycles. The molecule has 19 heavy (non-hydrogen) atoms. The molecule has 1 aromatic heterocycles. The molecule has 1 unspecified atom stereocenters. The first-order valence-electron chi connectivity index (χ1n) is 6.27. The third-order valence-electron chi connectivity index (χ3n) is 3.13. The molecule has 2 rings (SSSR count). The van der Waals surface area contributed by atoms with Crippen LogP contribution in [-0.4, -0.2) is 35.8 Å². The molecule has 1 saturated heterocycles. The lowest BCUT2D eigenvalue weighted by Gasteiger charge is -2.34. The van der Waals surface area contributed by atoms with E-state index in [4.69, 9.17) is 4.74 Å². The average Bonchev–Trinajstić information content (AvgIpc) is 2.39. The number of anilines is 1. The predicted octanol–water partition coefficient (Wildman–Crippen LogP) is 2.65. The van der Waals surface area contributed by atoms with E-state index in [0.29, 0.717) is 31.3 Å². The second kappa shape index (κ2) is 5.63. The molecule has 0 spiro atoms. The minimum absolute atomic E-state index is 0.0495. The van der Waals surface area contributed by atoms with Gasteiger partial charge in [-0.1, -0.05) is 0 Å². The molecule has 0 bridgehead atoms. The summed E-state index contributed by atoms with van der Waals surface area (Å²) in [6.07, 6.45) is -2.13. The smallest absolute Gasteiger partial charge is 0.393 e. The second-order valence-electron chi connectivity index (χ2n) is 4.47. The molecular formula is C12H16F3N3O. The van der Waals surface area contributed by atoms with Crippen LogP contribution in [0.5, 0.6) is 5.88 Å². The standard InChI is InChI=1S/C12H16F3N3O/c1-2-19-11-6-10(16-8-17-11)18-5-3-4-9(7-18)12(13,14)15/h6,8-9H,2-5,7H2,1H3. The van der Waals surface area contributed by atoms with Crippen molar-refractivity contribution in [2.75, 3.05) is 24.6 Å². The minimum atomic E-state index is -4.14. The summed E-state index contributed by atoms with van der Waals surface area (Å²) in [6.45, 7) is 2.81. The number of alkyl halides is 3. The number of piperidine rings is 1. The summed E-state index contributed by atoms with van der Waals surface area (Å²) in [5, 5.41) is 0. The largest absolute Gasteiger partial charge is 0.478 e. The van der Waals surface area contributed by atoms with Crippen molar-refractivity contribution in [3.63, 3.8) is 0 Å². The summed E-state index contributed by atoms with van der Waals surface area (Å²) >= 11 is 0. The van der Waals surface area contributed by atoms with E-state index in [2.05, 4.69) is 9.97 Å². The van der Waals surface area contributed by atoms with E-state index < -0.39 is 12.1 Å². The van der Waals surface area contributed by atoms with Crippen LogP contribution in [0.3, 0.4) is 0 Å². The molecule has 1 aliphatic rings. The van der Waals surface area contributed by atoms with E-state index in [1.165, 1.54) is 6.33 Å². The maximum absolute atomic E-state index is 12.7. The van der Waals surface area contributed by atoms with Crippen LogP contribution in [0.25, 0.3) is 0 Å². The third kappa shape index (κ3) is 3.48. The van der Waals surface area contributed by atoms with Crippen LogP contribution in [0, 0.1) is 5.92 Å². The Bertz CT molecular complexity index is 425. The van der Waals surface area contributed by atoms with Gasteiger partial charge >= 0.3 is 6.18 Å². The molecule has 0 amide bonds. The van der Waals surface area contributed by atoms with E-state index in [0.717, 1.165) is 0 Å². The van der Waals surface area contributed by atoms with Gasteiger partial charge in [0.2, 0.25) is 5.88 Å². The minimum Gasteiger partial charge on any atom is -0.478 e. The Morgan fingerprint density at radius 3 is 2.89 bits per heavy atom. The molecule has 0 N–H and O–H groups in total. The van der Waals surface area contributed by atoms with Crippen LogP contribution < -0.4 is 9.64 Å². The van der Waals surface area contributed by atoms with Crippen molar-refractivity contribution in [3.8, 4) is 5.88 Å². The van der Waals surface area contributed by atoms with Crippen LogP contribution in [-0.2, 0) is 0 Å². The van der Waals surface area contributed by atoms with E-state index >= 15 is 0 Å². The molecule has 0 saturated carbocycles. The second-order valence-corrected chi connectivity index (χ2v) is 4.47. The zero-order chi connectivity index (χ0) is 13.9. The van der Waals surface area contributed by atoms with Gasteiger partial charge in [0.25, 0.3) is 0 Å². The highest BCUT2D eigenvalue weighted by molar-refractivity contribution is 5.41. The lowest BCUT2D eigenvalue weighted by atomic mass is 9.97. The fraction of sp³-hybridized carbons (Fsp3) is 0.667. The molecule has 0 aromatic carbocycles. The first kappa shape index (κ1) is 13.9. The monoisotopic (exact) mass is 275 g/mol. The van der Waals surface area contributed by atoms with E-state index in [-0.39, 0.29) is 13.0 Å². The molecule has 4 nitrogen and oxygen atoms in total. The number of halogens is 3.